The van der Waals surface area contributed by atoms with Crippen molar-refractivity contribution >= 4 is 17.3 Å². The Morgan fingerprint density at radius 1 is 1.47 bits per heavy atom. The second-order valence-electron chi connectivity index (χ2n) is 4.51. The minimum atomic E-state index is 0.411. The number of hydrogen-bond donors (Lipinski definition) is 0. The van der Waals surface area contributed by atoms with Gasteiger partial charge in [0.1, 0.15) is 0 Å². The van der Waals surface area contributed by atoms with E-state index in [1.165, 1.54) is 5.69 Å². The first-order valence-corrected chi connectivity index (χ1v) is 6.57. The molecule has 1 aliphatic heterocycles. The van der Waals surface area contributed by atoms with Crippen LogP contribution in [0.25, 0.3) is 0 Å². The van der Waals surface area contributed by atoms with E-state index in [0.717, 1.165) is 37.2 Å². The first kappa shape index (κ1) is 12.7. The molecule has 94 valence electrons. The van der Waals surface area contributed by atoms with Gasteiger partial charge in [-0.2, -0.15) is 0 Å². The molecule has 1 aromatic heterocycles. The number of rotatable bonds is 3. The summed E-state index contributed by atoms with van der Waals surface area (Å²) in [5.74, 6) is 0.521. The molecular weight excluding hydrogens is 236 g/mol. The van der Waals surface area contributed by atoms with Crippen LogP contribution in [0.1, 0.15) is 24.1 Å². The lowest BCUT2D eigenvalue weighted by molar-refractivity contribution is 0.0819. The molecule has 0 radical (unpaired) electrons. The molecule has 0 atom stereocenters. The summed E-state index contributed by atoms with van der Waals surface area (Å²) in [5, 5.41) is 0. The Morgan fingerprint density at radius 2 is 2.18 bits per heavy atom. The van der Waals surface area contributed by atoms with Crippen molar-refractivity contribution in [1.29, 1.82) is 0 Å². The van der Waals surface area contributed by atoms with Gasteiger partial charge in [0.25, 0.3) is 0 Å². The number of aryl methyl sites for hydroxylation is 1. The molecule has 4 heteroatoms. The fourth-order valence-corrected chi connectivity index (χ4v) is 2.51. The zero-order valence-corrected chi connectivity index (χ0v) is 11.2. The van der Waals surface area contributed by atoms with Gasteiger partial charge < -0.3 is 9.64 Å². The highest BCUT2D eigenvalue weighted by Crippen LogP contribution is 2.26. The second kappa shape index (κ2) is 5.69. The summed E-state index contributed by atoms with van der Waals surface area (Å²) in [5.41, 5.74) is 3.40. The molecule has 0 amide bonds. The molecule has 0 unspecified atom stereocenters. The standard InChI is InChI=1S/C13H19ClN2O/c1-10-7-13(11(8-14)9-15-10)16-5-3-12(17-2)4-6-16/h7,9,12H,3-6,8H2,1-2H3. The lowest BCUT2D eigenvalue weighted by atomic mass is 10.1. The van der Waals surface area contributed by atoms with E-state index in [1.807, 2.05) is 13.1 Å². The summed E-state index contributed by atoms with van der Waals surface area (Å²) < 4.78 is 5.39. The maximum atomic E-state index is 5.97. The van der Waals surface area contributed by atoms with Gasteiger partial charge in [-0.05, 0) is 25.8 Å². The fraction of sp³-hybridized carbons (Fsp3) is 0.615. The van der Waals surface area contributed by atoms with Gasteiger partial charge in [-0.15, -0.1) is 11.6 Å². The molecule has 2 rings (SSSR count). The van der Waals surface area contributed by atoms with E-state index >= 15 is 0 Å². The third-order valence-corrected chi connectivity index (χ3v) is 3.65. The Bertz CT molecular complexity index is 376. The van der Waals surface area contributed by atoms with E-state index in [1.54, 1.807) is 7.11 Å². The first-order valence-electron chi connectivity index (χ1n) is 6.04. The Morgan fingerprint density at radius 3 is 2.76 bits per heavy atom. The smallest absolute Gasteiger partial charge is 0.0605 e. The van der Waals surface area contributed by atoms with Crippen molar-refractivity contribution in [3.63, 3.8) is 0 Å². The van der Waals surface area contributed by atoms with Crippen molar-refractivity contribution in [3.8, 4) is 0 Å². The normalized spacial score (nSPS) is 17.5. The number of methoxy groups -OCH3 is 1. The average molecular weight is 255 g/mol. The number of alkyl halides is 1. The van der Waals surface area contributed by atoms with Gasteiger partial charge in [0, 0.05) is 43.3 Å². The van der Waals surface area contributed by atoms with Crippen molar-refractivity contribution in [2.75, 3.05) is 25.1 Å². The van der Waals surface area contributed by atoms with Crippen LogP contribution in [-0.4, -0.2) is 31.3 Å². The Hall–Kier alpha value is -0.800. The average Bonchev–Trinajstić information content (AvgIpc) is 2.39. The molecule has 0 spiro atoms. The largest absolute Gasteiger partial charge is 0.381 e. The predicted molar refractivity (Wildman–Crippen MR) is 70.8 cm³/mol. The third-order valence-electron chi connectivity index (χ3n) is 3.36. The maximum Gasteiger partial charge on any atom is 0.0605 e. The van der Waals surface area contributed by atoms with Gasteiger partial charge in [-0.25, -0.2) is 0 Å². The molecule has 1 saturated heterocycles. The number of hydrogen-bond acceptors (Lipinski definition) is 3. The summed E-state index contributed by atoms with van der Waals surface area (Å²) >= 11 is 5.97. The summed E-state index contributed by atoms with van der Waals surface area (Å²) in [6.07, 6.45) is 4.47. The fourth-order valence-electron chi connectivity index (χ4n) is 2.30. The van der Waals surface area contributed by atoms with Gasteiger partial charge in [-0.1, -0.05) is 0 Å². The monoisotopic (exact) mass is 254 g/mol. The van der Waals surface area contributed by atoms with Crippen molar-refractivity contribution in [3.05, 3.63) is 23.5 Å². The molecule has 1 aliphatic rings. The van der Waals surface area contributed by atoms with E-state index < -0.39 is 0 Å². The van der Waals surface area contributed by atoms with Crippen LogP contribution in [0.5, 0.6) is 0 Å². The van der Waals surface area contributed by atoms with Gasteiger partial charge >= 0.3 is 0 Å². The second-order valence-corrected chi connectivity index (χ2v) is 4.78. The Kier molecular flexibility index (Phi) is 4.24. The number of ether oxygens (including phenoxy) is 1. The van der Waals surface area contributed by atoms with E-state index in [0.29, 0.717) is 12.0 Å². The summed E-state index contributed by atoms with van der Waals surface area (Å²) in [7, 11) is 1.79. The Labute approximate surface area is 108 Å². The van der Waals surface area contributed by atoms with E-state index in [9.17, 15) is 0 Å². The van der Waals surface area contributed by atoms with Crippen LogP contribution in [0, 0.1) is 6.92 Å². The molecule has 0 saturated carbocycles. The molecular formula is C13H19ClN2O. The zero-order chi connectivity index (χ0) is 12.3. The molecule has 0 bridgehead atoms. The van der Waals surface area contributed by atoms with Crippen LogP contribution in [0.3, 0.4) is 0 Å². The lowest BCUT2D eigenvalue weighted by Gasteiger charge is -2.34. The lowest BCUT2D eigenvalue weighted by Crippen LogP contribution is -2.37. The SMILES string of the molecule is COC1CCN(c2cc(C)ncc2CCl)CC1. The molecule has 3 nitrogen and oxygen atoms in total. The topological polar surface area (TPSA) is 25.4 Å². The van der Waals surface area contributed by atoms with Crippen LogP contribution in [-0.2, 0) is 10.6 Å². The minimum absolute atomic E-state index is 0.411. The molecule has 0 aliphatic carbocycles. The van der Waals surface area contributed by atoms with Crippen LogP contribution >= 0.6 is 11.6 Å². The highest BCUT2D eigenvalue weighted by molar-refractivity contribution is 6.17. The highest BCUT2D eigenvalue weighted by atomic mass is 35.5. The number of halogens is 1. The zero-order valence-electron chi connectivity index (χ0n) is 10.4. The number of anilines is 1. The number of nitrogens with zero attached hydrogens (tertiary/aromatic N) is 2. The van der Waals surface area contributed by atoms with Crippen molar-refractivity contribution in [1.82, 2.24) is 4.98 Å². The minimum Gasteiger partial charge on any atom is -0.381 e. The number of piperidine rings is 1. The third kappa shape index (κ3) is 2.90. The summed E-state index contributed by atoms with van der Waals surface area (Å²) in [6.45, 7) is 4.08. The predicted octanol–water partition coefficient (Wildman–Crippen LogP) is 2.74. The molecule has 0 N–H and O–H groups in total. The highest BCUT2D eigenvalue weighted by Gasteiger charge is 2.20. The first-order chi connectivity index (χ1) is 8.24. The molecule has 17 heavy (non-hydrogen) atoms. The van der Waals surface area contributed by atoms with Crippen LogP contribution < -0.4 is 4.90 Å². The van der Waals surface area contributed by atoms with Crippen molar-refractivity contribution < 1.29 is 4.74 Å². The summed E-state index contributed by atoms with van der Waals surface area (Å²) in [6, 6.07) is 2.13. The molecule has 2 heterocycles. The van der Waals surface area contributed by atoms with Crippen molar-refractivity contribution in [2.24, 2.45) is 0 Å². The van der Waals surface area contributed by atoms with Crippen molar-refractivity contribution in [2.45, 2.75) is 31.7 Å². The van der Waals surface area contributed by atoms with Gasteiger partial charge in [0.2, 0.25) is 0 Å². The van der Waals surface area contributed by atoms with Crippen LogP contribution in [0.15, 0.2) is 12.3 Å². The van der Waals surface area contributed by atoms with Gasteiger partial charge in [0.15, 0.2) is 0 Å². The van der Waals surface area contributed by atoms with Gasteiger partial charge in [-0.3, -0.25) is 4.98 Å². The number of pyridine rings is 1. The molecule has 0 aromatic carbocycles. The van der Waals surface area contributed by atoms with E-state index in [2.05, 4.69) is 16.0 Å². The van der Waals surface area contributed by atoms with E-state index in [4.69, 9.17) is 16.3 Å². The van der Waals surface area contributed by atoms with Crippen LogP contribution in [0.4, 0.5) is 5.69 Å². The number of aromatic nitrogens is 1. The van der Waals surface area contributed by atoms with E-state index in [-0.39, 0.29) is 0 Å². The molecule has 1 aromatic rings. The maximum absolute atomic E-state index is 5.97. The quantitative estimate of drug-likeness (QED) is 0.776. The summed E-state index contributed by atoms with van der Waals surface area (Å²) in [4.78, 5) is 6.69. The van der Waals surface area contributed by atoms with Crippen LogP contribution in [0.2, 0.25) is 0 Å². The molecule has 1 fully saturated rings. The van der Waals surface area contributed by atoms with Gasteiger partial charge in [0.05, 0.1) is 12.0 Å². The Balaban J connectivity index is 2.14.